The maximum atomic E-state index is 6.12. The molecule has 176 valence electrons. The molecule has 0 aliphatic heterocycles. The maximum Gasteiger partial charge on any atom is 0.146 e. The van der Waals surface area contributed by atoms with Gasteiger partial charge in [0.2, 0.25) is 0 Å². The summed E-state index contributed by atoms with van der Waals surface area (Å²) in [5, 5.41) is 0. The Labute approximate surface area is 206 Å². The first kappa shape index (κ1) is 23.6. The Morgan fingerprint density at radius 2 is 1.17 bits per heavy atom. The van der Waals surface area contributed by atoms with Gasteiger partial charge in [0.05, 0.1) is 11.4 Å². The summed E-state index contributed by atoms with van der Waals surface area (Å²) < 4.78 is 4.06. The van der Waals surface area contributed by atoms with Crippen LogP contribution in [-0.4, -0.2) is 19.1 Å². The van der Waals surface area contributed by atoms with E-state index in [0.29, 0.717) is 0 Å². The fourth-order valence-corrected chi connectivity index (χ4v) is 4.07. The van der Waals surface area contributed by atoms with E-state index < -0.39 is 0 Å². The maximum absolute atomic E-state index is 6.12. The second kappa shape index (κ2) is 10.1. The SMILES string of the molecule is C=C(/C=C(C)\C(=C/N)c1nc(C)cn1-c1ccccc1)/C(=C\N)c1nc(C)cn1-c1ccccc1. The lowest BCUT2D eigenvalue weighted by molar-refractivity contribution is 1.02. The minimum atomic E-state index is 0.724. The third kappa shape index (κ3) is 4.87. The van der Waals surface area contributed by atoms with Gasteiger partial charge in [-0.1, -0.05) is 49.1 Å². The van der Waals surface area contributed by atoms with Crippen molar-refractivity contribution in [3.8, 4) is 11.4 Å². The number of aryl methyl sites for hydroxylation is 2. The quantitative estimate of drug-likeness (QED) is 0.356. The van der Waals surface area contributed by atoms with Crippen LogP contribution >= 0.6 is 0 Å². The highest BCUT2D eigenvalue weighted by Gasteiger charge is 2.17. The van der Waals surface area contributed by atoms with Gasteiger partial charge in [-0.25, -0.2) is 9.97 Å². The molecule has 6 nitrogen and oxygen atoms in total. The minimum absolute atomic E-state index is 0.724. The average Bonchev–Trinajstić information content (AvgIpc) is 3.43. The van der Waals surface area contributed by atoms with Crippen molar-refractivity contribution in [2.24, 2.45) is 11.5 Å². The standard InChI is InChI=1S/C29H30N6/c1-20(26(16-30)28-32-22(3)18-34(28)24-11-7-5-8-12-24)15-21(2)27(17-31)29-33-23(4)19-35(29)25-13-9-6-10-14-25/h5-19H,1,30-31H2,2-4H3/b21-15-,26-16+,27-17+. The molecule has 0 bridgehead atoms. The molecule has 2 heterocycles. The Morgan fingerprint density at radius 1 is 0.743 bits per heavy atom. The van der Waals surface area contributed by atoms with Crippen molar-refractivity contribution >= 4 is 11.1 Å². The second-order valence-corrected chi connectivity index (χ2v) is 8.34. The van der Waals surface area contributed by atoms with Gasteiger partial charge in [-0.3, -0.25) is 9.13 Å². The minimum Gasteiger partial charge on any atom is -0.404 e. The topological polar surface area (TPSA) is 87.7 Å². The molecule has 0 unspecified atom stereocenters. The molecule has 4 aromatic rings. The summed E-state index contributed by atoms with van der Waals surface area (Å²) in [4.78, 5) is 9.49. The summed E-state index contributed by atoms with van der Waals surface area (Å²) in [7, 11) is 0. The predicted molar refractivity (Wildman–Crippen MR) is 144 cm³/mol. The third-order valence-electron chi connectivity index (χ3n) is 5.70. The van der Waals surface area contributed by atoms with Gasteiger partial charge < -0.3 is 11.5 Å². The second-order valence-electron chi connectivity index (χ2n) is 8.34. The molecule has 0 radical (unpaired) electrons. The molecule has 4 N–H and O–H groups in total. The molecule has 0 atom stereocenters. The number of rotatable bonds is 7. The van der Waals surface area contributed by atoms with Crippen LogP contribution in [-0.2, 0) is 0 Å². The number of benzene rings is 2. The van der Waals surface area contributed by atoms with Crippen LogP contribution in [0.15, 0.2) is 109 Å². The molecule has 0 amide bonds. The largest absolute Gasteiger partial charge is 0.404 e. The van der Waals surface area contributed by atoms with Gasteiger partial charge in [-0.05, 0) is 56.2 Å². The normalized spacial score (nSPS) is 12.7. The van der Waals surface area contributed by atoms with Crippen LogP contribution in [0.2, 0.25) is 0 Å². The lowest BCUT2D eigenvalue weighted by Gasteiger charge is -2.14. The van der Waals surface area contributed by atoms with Crippen molar-refractivity contribution in [2.75, 3.05) is 0 Å². The highest BCUT2D eigenvalue weighted by molar-refractivity contribution is 5.83. The highest BCUT2D eigenvalue weighted by Crippen LogP contribution is 2.29. The average molecular weight is 463 g/mol. The van der Waals surface area contributed by atoms with Crippen LogP contribution in [0, 0.1) is 13.8 Å². The van der Waals surface area contributed by atoms with E-state index in [4.69, 9.17) is 21.4 Å². The first-order valence-electron chi connectivity index (χ1n) is 11.4. The fourth-order valence-electron chi connectivity index (χ4n) is 4.07. The molecule has 0 saturated carbocycles. The van der Waals surface area contributed by atoms with Crippen LogP contribution in [0.1, 0.15) is 30.0 Å². The predicted octanol–water partition coefficient (Wildman–Crippen LogP) is 5.48. The van der Waals surface area contributed by atoms with E-state index in [1.807, 2.05) is 109 Å². The number of aromatic nitrogens is 4. The summed E-state index contributed by atoms with van der Waals surface area (Å²) in [6, 6.07) is 20.1. The van der Waals surface area contributed by atoms with Gasteiger partial charge in [0.15, 0.2) is 0 Å². The zero-order valence-corrected chi connectivity index (χ0v) is 20.3. The van der Waals surface area contributed by atoms with E-state index in [1.54, 1.807) is 12.4 Å². The van der Waals surface area contributed by atoms with Gasteiger partial charge in [0.1, 0.15) is 11.6 Å². The van der Waals surface area contributed by atoms with Gasteiger partial charge in [-0.15, -0.1) is 0 Å². The molecule has 0 fully saturated rings. The molecule has 0 spiro atoms. The van der Waals surface area contributed by atoms with Gasteiger partial charge in [0, 0.05) is 47.3 Å². The zero-order valence-electron chi connectivity index (χ0n) is 20.3. The number of allylic oxidation sites excluding steroid dienone is 5. The summed E-state index contributed by atoms with van der Waals surface area (Å²) >= 11 is 0. The number of imidazole rings is 2. The van der Waals surface area contributed by atoms with E-state index in [1.165, 1.54) is 0 Å². The monoisotopic (exact) mass is 462 g/mol. The summed E-state index contributed by atoms with van der Waals surface area (Å²) in [6.07, 6.45) is 9.09. The highest BCUT2D eigenvalue weighted by atomic mass is 15.1. The number of hydrogen-bond acceptors (Lipinski definition) is 4. The summed E-state index contributed by atoms with van der Waals surface area (Å²) in [5.74, 6) is 1.49. The summed E-state index contributed by atoms with van der Waals surface area (Å²) in [5.41, 5.74) is 19.2. The smallest absolute Gasteiger partial charge is 0.146 e. The number of nitrogens with two attached hydrogens (primary N) is 2. The van der Waals surface area contributed by atoms with Crippen LogP contribution in [0.5, 0.6) is 0 Å². The van der Waals surface area contributed by atoms with Crippen molar-refractivity contribution in [1.29, 1.82) is 0 Å². The van der Waals surface area contributed by atoms with Crippen molar-refractivity contribution in [1.82, 2.24) is 19.1 Å². The zero-order chi connectivity index (χ0) is 24.9. The van der Waals surface area contributed by atoms with E-state index in [2.05, 4.69) is 6.58 Å². The summed E-state index contributed by atoms with van der Waals surface area (Å²) in [6.45, 7) is 10.2. The molecule has 35 heavy (non-hydrogen) atoms. The number of nitrogens with zero attached hydrogens (tertiary/aromatic N) is 4. The van der Waals surface area contributed by atoms with Crippen LogP contribution in [0.4, 0.5) is 0 Å². The molecular formula is C29H30N6. The third-order valence-corrected chi connectivity index (χ3v) is 5.70. The molecule has 0 aliphatic rings. The lowest BCUT2D eigenvalue weighted by Crippen LogP contribution is -2.04. The molecule has 4 rings (SSSR count). The molecular weight excluding hydrogens is 432 g/mol. The van der Waals surface area contributed by atoms with E-state index in [9.17, 15) is 0 Å². The Kier molecular flexibility index (Phi) is 6.83. The number of hydrogen-bond donors (Lipinski definition) is 2. The van der Waals surface area contributed by atoms with Crippen molar-refractivity contribution in [3.05, 3.63) is 132 Å². The lowest BCUT2D eigenvalue weighted by atomic mass is 10.0. The van der Waals surface area contributed by atoms with Crippen LogP contribution in [0.3, 0.4) is 0 Å². The van der Waals surface area contributed by atoms with Crippen molar-refractivity contribution in [3.63, 3.8) is 0 Å². The van der Waals surface area contributed by atoms with Crippen molar-refractivity contribution < 1.29 is 0 Å². The molecule has 2 aromatic heterocycles. The Bertz CT molecular complexity index is 1430. The molecule has 0 aliphatic carbocycles. The first-order chi connectivity index (χ1) is 16.9. The molecule has 6 heteroatoms. The molecule has 2 aromatic carbocycles. The van der Waals surface area contributed by atoms with Gasteiger partial charge in [-0.2, -0.15) is 0 Å². The molecule has 0 saturated heterocycles. The Hall–Kier alpha value is -4.58. The Morgan fingerprint density at radius 3 is 1.60 bits per heavy atom. The van der Waals surface area contributed by atoms with Gasteiger partial charge >= 0.3 is 0 Å². The van der Waals surface area contributed by atoms with E-state index >= 15 is 0 Å². The van der Waals surface area contributed by atoms with Crippen molar-refractivity contribution in [2.45, 2.75) is 20.8 Å². The first-order valence-corrected chi connectivity index (χ1v) is 11.4. The van der Waals surface area contributed by atoms with Crippen LogP contribution < -0.4 is 11.5 Å². The number of para-hydroxylation sites is 2. The Balaban J connectivity index is 1.71. The van der Waals surface area contributed by atoms with E-state index in [0.717, 1.165) is 56.7 Å². The fraction of sp³-hybridized carbons (Fsp3) is 0.103. The van der Waals surface area contributed by atoms with Crippen LogP contribution in [0.25, 0.3) is 22.5 Å². The van der Waals surface area contributed by atoms with Gasteiger partial charge in [0.25, 0.3) is 0 Å². The van der Waals surface area contributed by atoms with E-state index in [-0.39, 0.29) is 0 Å².